The van der Waals surface area contributed by atoms with Crippen molar-refractivity contribution in [3.8, 4) is 0 Å². The Morgan fingerprint density at radius 1 is 1.33 bits per heavy atom. The van der Waals surface area contributed by atoms with Gasteiger partial charge in [-0.3, -0.25) is 0 Å². The van der Waals surface area contributed by atoms with Crippen molar-refractivity contribution in [1.29, 1.82) is 0 Å². The Morgan fingerprint density at radius 2 is 2.08 bits per heavy atom. The van der Waals surface area contributed by atoms with E-state index in [1.54, 1.807) is 0 Å². The molecule has 2 aromatic rings. The molecule has 1 heterocycles. The number of rotatable bonds is 0. The molecule has 0 amide bonds. The van der Waals surface area contributed by atoms with Crippen molar-refractivity contribution in [3.63, 3.8) is 0 Å². The molecule has 0 bridgehead atoms. The molecular weight excluding hydrogens is 188 g/mol. The monoisotopic (exact) mass is 189 g/mol. The van der Waals surface area contributed by atoms with Gasteiger partial charge in [-0.05, 0) is 11.6 Å². The van der Waals surface area contributed by atoms with Crippen LogP contribution in [0.15, 0.2) is 16.5 Å². The summed E-state index contributed by atoms with van der Waals surface area (Å²) in [5.41, 5.74) is -0.0427. The van der Waals surface area contributed by atoms with Crippen LogP contribution in [0.4, 0.5) is 8.78 Å². The minimum absolute atomic E-state index is 0.0116. The Morgan fingerprint density at radius 3 is 2.83 bits per heavy atom. The van der Waals surface area contributed by atoms with Crippen LogP contribution in [-0.4, -0.2) is 4.98 Å². The van der Waals surface area contributed by atoms with Crippen LogP contribution in [0, 0.1) is 11.6 Å². The van der Waals surface area contributed by atoms with Crippen LogP contribution < -0.4 is 0 Å². The average Bonchev–Trinajstić information content (AvgIpc) is 2.29. The summed E-state index contributed by atoms with van der Waals surface area (Å²) in [5, 5.41) is -0.200. The molecule has 5 heteroatoms. The quantitative estimate of drug-likeness (QED) is 0.637. The highest BCUT2D eigenvalue weighted by Crippen LogP contribution is 2.22. The second-order valence-corrected chi connectivity index (χ2v) is 2.52. The van der Waals surface area contributed by atoms with Gasteiger partial charge in [-0.2, -0.15) is 4.98 Å². The second kappa shape index (κ2) is 2.42. The molecule has 0 saturated carbocycles. The molecule has 0 radical (unpaired) electrons. The SMILES string of the molecule is Fc1cc(F)c2nc(Cl)oc2c1. The number of aromatic nitrogens is 1. The molecule has 2 nitrogen and oxygen atoms in total. The molecule has 1 aromatic carbocycles. The highest BCUT2D eigenvalue weighted by molar-refractivity contribution is 6.28. The first kappa shape index (κ1) is 7.49. The van der Waals surface area contributed by atoms with Gasteiger partial charge in [0.25, 0.3) is 5.35 Å². The molecule has 0 aliphatic carbocycles. The van der Waals surface area contributed by atoms with Gasteiger partial charge in [0.1, 0.15) is 11.3 Å². The summed E-state index contributed by atoms with van der Waals surface area (Å²) in [6.07, 6.45) is 0. The van der Waals surface area contributed by atoms with Gasteiger partial charge in [0.05, 0.1) is 0 Å². The zero-order valence-corrected chi connectivity index (χ0v) is 6.40. The summed E-state index contributed by atoms with van der Waals surface area (Å²) < 4.78 is 30.1. The van der Waals surface area contributed by atoms with Crippen molar-refractivity contribution < 1.29 is 13.2 Å². The third-order valence-corrected chi connectivity index (χ3v) is 1.55. The lowest BCUT2D eigenvalue weighted by atomic mass is 10.3. The molecule has 0 aliphatic rings. The number of nitrogens with zero attached hydrogens (tertiary/aromatic N) is 1. The minimum atomic E-state index is -0.777. The summed E-state index contributed by atoms with van der Waals surface area (Å²) in [7, 11) is 0. The number of benzene rings is 1. The molecule has 0 atom stereocenters. The van der Waals surface area contributed by atoms with Crippen LogP contribution in [0.3, 0.4) is 0 Å². The molecule has 0 unspecified atom stereocenters. The summed E-state index contributed by atoms with van der Waals surface area (Å²) >= 11 is 5.34. The largest absolute Gasteiger partial charge is 0.427 e. The van der Waals surface area contributed by atoms with Crippen molar-refractivity contribution in [2.45, 2.75) is 0 Å². The lowest BCUT2D eigenvalue weighted by Crippen LogP contribution is -1.80. The predicted octanol–water partition coefficient (Wildman–Crippen LogP) is 2.76. The molecule has 12 heavy (non-hydrogen) atoms. The molecular formula is C7H2ClF2NO. The first-order valence-corrected chi connectivity index (χ1v) is 3.46. The van der Waals surface area contributed by atoms with Gasteiger partial charge in [0.2, 0.25) is 0 Å². The number of oxazole rings is 1. The molecule has 62 valence electrons. The number of hydrogen-bond donors (Lipinski definition) is 0. The van der Waals surface area contributed by atoms with E-state index in [1.165, 1.54) is 0 Å². The van der Waals surface area contributed by atoms with Crippen LogP contribution in [-0.2, 0) is 0 Å². The zero-order chi connectivity index (χ0) is 8.72. The first-order chi connectivity index (χ1) is 5.66. The van der Waals surface area contributed by atoms with Crippen molar-refractivity contribution in [2.75, 3.05) is 0 Å². The third kappa shape index (κ3) is 1.04. The van der Waals surface area contributed by atoms with E-state index in [1.807, 2.05) is 0 Å². The maximum Gasteiger partial charge on any atom is 0.293 e. The van der Waals surface area contributed by atoms with Gasteiger partial charge in [-0.1, -0.05) is 0 Å². The highest BCUT2D eigenvalue weighted by Gasteiger charge is 2.10. The number of halogens is 3. The van der Waals surface area contributed by atoms with E-state index in [0.29, 0.717) is 0 Å². The Kier molecular flexibility index (Phi) is 1.51. The smallest absolute Gasteiger partial charge is 0.293 e. The third-order valence-electron chi connectivity index (χ3n) is 1.39. The Balaban J connectivity index is 2.88. The van der Waals surface area contributed by atoms with Crippen LogP contribution in [0.1, 0.15) is 0 Å². The molecule has 0 saturated heterocycles. The van der Waals surface area contributed by atoms with Gasteiger partial charge >= 0.3 is 0 Å². The summed E-state index contributed by atoms with van der Waals surface area (Å²) in [5.74, 6) is -1.49. The van der Waals surface area contributed by atoms with Crippen molar-refractivity contribution in [3.05, 3.63) is 29.1 Å². The van der Waals surface area contributed by atoms with E-state index in [2.05, 4.69) is 4.98 Å². The van der Waals surface area contributed by atoms with Gasteiger partial charge in [0.15, 0.2) is 11.4 Å². The van der Waals surface area contributed by atoms with Gasteiger partial charge < -0.3 is 4.42 Å². The van der Waals surface area contributed by atoms with E-state index < -0.39 is 11.6 Å². The molecule has 0 fully saturated rings. The topological polar surface area (TPSA) is 26.0 Å². The van der Waals surface area contributed by atoms with E-state index in [9.17, 15) is 8.78 Å². The standard InChI is InChI=1S/C7H2ClF2NO/c8-7-11-6-4(10)1-3(9)2-5(6)12-7/h1-2H. The Hall–Kier alpha value is -1.16. The predicted molar refractivity (Wildman–Crippen MR) is 38.9 cm³/mol. The fourth-order valence-electron chi connectivity index (χ4n) is 0.930. The van der Waals surface area contributed by atoms with Gasteiger partial charge in [-0.25, -0.2) is 8.78 Å². The molecule has 1 aromatic heterocycles. The van der Waals surface area contributed by atoms with Crippen LogP contribution in [0.25, 0.3) is 11.1 Å². The number of hydrogen-bond acceptors (Lipinski definition) is 2. The van der Waals surface area contributed by atoms with Gasteiger partial charge in [-0.15, -0.1) is 0 Å². The van der Waals surface area contributed by atoms with Crippen molar-refractivity contribution in [2.24, 2.45) is 0 Å². The van der Waals surface area contributed by atoms with Gasteiger partial charge in [0, 0.05) is 12.1 Å². The average molecular weight is 190 g/mol. The van der Waals surface area contributed by atoms with E-state index >= 15 is 0 Å². The Bertz CT molecular complexity index is 440. The first-order valence-electron chi connectivity index (χ1n) is 3.08. The highest BCUT2D eigenvalue weighted by atomic mass is 35.5. The fraction of sp³-hybridized carbons (Fsp3) is 0. The van der Waals surface area contributed by atoms with Crippen LogP contribution >= 0.6 is 11.6 Å². The summed E-state index contributed by atoms with van der Waals surface area (Å²) in [6, 6.07) is 1.75. The lowest BCUT2D eigenvalue weighted by molar-refractivity contribution is 0.577. The second-order valence-electron chi connectivity index (χ2n) is 2.20. The van der Waals surface area contributed by atoms with Crippen LogP contribution in [0.5, 0.6) is 0 Å². The molecule has 0 N–H and O–H groups in total. The number of fused-ring (bicyclic) bond motifs is 1. The van der Waals surface area contributed by atoms with E-state index in [4.69, 9.17) is 16.0 Å². The van der Waals surface area contributed by atoms with E-state index in [0.717, 1.165) is 12.1 Å². The van der Waals surface area contributed by atoms with E-state index in [-0.39, 0.29) is 16.4 Å². The van der Waals surface area contributed by atoms with Crippen molar-refractivity contribution >= 4 is 22.7 Å². The van der Waals surface area contributed by atoms with Crippen molar-refractivity contribution in [1.82, 2.24) is 4.98 Å². The Labute approximate surface area is 70.8 Å². The molecule has 0 aliphatic heterocycles. The summed E-state index contributed by atoms with van der Waals surface area (Å²) in [6.45, 7) is 0. The molecule has 2 rings (SSSR count). The normalized spacial score (nSPS) is 10.9. The molecule has 0 spiro atoms. The lowest BCUT2D eigenvalue weighted by Gasteiger charge is -1.88. The maximum absolute atomic E-state index is 12.8. The zero-order valence-electron chi connectivity index (χ0n) is 5.64. The fourth-order valence-corrected chi connectivity index (χ4v) is 1.10. The summed E-state index contributed by atoms with van der Waals surface area (Å²) in [4.78, 5) is 3.51. The maximum atomic E-state index is 12.8. The van der Waals surface area contributed by atoms with Crippen LogP contribution in [0.2, 0.25) is 5.35 Å². The minimum Gasteiger partial charge on any atom is -0.427 e.